The summed E-state index contributed by atoms with van der Waals surface area (Å²) in [5.41, 5.74) is 1.47. The summed E-state index contributed by atoms with van der Waals surface area (Å²) in [6, 6.07) is 12.2. The fourth-order valence-electron chi connectivity index (χ4n) is 2.46. The fraction of sp³-hybridized carbons (Fsp3) is 0.300. The lowest BCUT2D eigenvalue weighted by Gasteiger charge is -2.13. The van der Waals surface area contributed by atoms with E-state index >= 15 is 0 Å². The molecule has 144 valence electrons. The molecule has 0 radical (unpaired) electrons. The Morgan fingerprint density at radius 1 is 1.11 bits per heavy atom. The number of anilines is 1. The highest BCUT2D eigenvalue weighted by molar-refractivity contribution is 6.35. The first-order chi connectivity index (χ1) is 12.9. The summed E-state index contributed by atoms with van der Waals surface area (Å²) in [4.78, 5) is 24.2. The molecular weight excluding hydrogens is 387 g/mol. The summed E-state index contributed by atoms with van der Waals surface area (Å²) < 4.78 is 5.35. The van der Waals surface area contributed by atoms with Gasteiger partial charge in [-0.1, -0.05) is 36.2 Å². The van der Waals surface area contributed by atoms with Crippen molar-refractivity contribution < 1.29 is 14.3 Å². The lowest BCUT2D eigenvalue weighted by atomic mass is 10.0. The molecule has 2 aromatic rings. The quantitative estimate of drug-likeness (QED) is 0.682. The van der Waals surface area contributed by atoms with Crippen molar-refractivity contribution in [2.75, 3.05) is 18.5 Å². The zero-order chi connectivity index (χ0) is 19.8. The van der Waals surface area contributed by atoms with Crippen LogP contribution in [0.2, 0.25) is 10.0 Å². The number of ether oxygens (including phenoxy) is 1. The van der Waals surface area contributed by atoms with E-state index in [0.29, 0.717) is 28.8 Å². The van der Waals surface area contributed by atoms with Crippen molar-refractivity contribution in [2.24, 2.45) is 5.92 Å². The van der Waals surface area contributed by atoms with E-state index in [2.05, 4.69) is 10.6 Å². The second-order valence-corrected chi connectivity index (χ2v) is 6.91. The van der Waals surface area contributed by atoms with Crippen molar-refractivity contribution in [3.63, 3.8) is 0 Å². The molecule has 2 rings (SSSR count). The molecule has 0 aliphatic rings. The van der Waals surface area contributed by atoms with Crippen molar-refractivity contribution in [1.29, 1.82) is 0 Å². The molecule has 0 aliphatic carbocycles. The fourth-order valence-corrected chi connectivity index (χ4v) is 2.94. The summed E-state index contributed by atoms with van der Waals surface area (Å²) in [6.07, 6.45) is 0.461. The number of nitrogens with one attached hydrogen (secondary N) is 2. The molecule has 0 aliphatic heterocycles. The van der Waals surface area contributed by atoms with Gasteiger partial charge in [0.1, 0.15) is 5.75 Å². The van der Waals surface area contributed by atoms with Gasteiger partial charge in [0.2, 0.25) is 11.8 Å². The minimum atomic E-state index is -0.332. The molecule has 0 saturated heterocycles. The molecule has 1 unspecified atom stereocenters. The summed E-state index contributed by atoms with van der Waals surface area (Å²) in [5, 5.41) is 6.44. The summed E-state index contributed by atoms with van der Waals surface area (Å²) in [6.45, 7) is 4.16. The lowest BCUT2D eigenvalue weighted by Crippen LogP contribution is -2.36. The monoisotopic (exact) mass is 408 g/mol. The predicted octanol–water partition coefficient (Wildman–Crippen LogP) is 4.33. The number of benzene rings is 2. The Balaban J connectivity index is 1.80. The molecule has 7 heteroatoms. The molecule has 2 aromatic carbocycles. The van der Waals surface area contributed by atoms with Gasteiger partial charge in [-0.25, -0.2) is 0 Å². The standard InChI is InChI=1S/C20H22Cl2N2O3/c1-3-27-17-8-6-16(7-9-17)24-19(25)12-23-20(26)13(2)10-14-4-5-15(21)11-18(14)22/h4-9,11,13H,3,10,12H2,1-2H3,(H,23,26)(H,24,25). The SMILES string of the molecule is CCOc1ccc(NC(=O)CNC(=O)C(C)Cc2ccc(Cl)cc2Cl)cc1. The van der Waals surface area contributed by atoms with E-state index in [4.69, 9.17) is 27.9 Å². The maximum atomic E-state index is 12.2. The maximum absolute atomic E-state index is 12.2. The highest BCUT2D eigenvalue weighted by Crippen LogP contribution is 2.23. The molecule has 0 aromatic heterocycles. The van der Waals surface area contributed by atoms with Gasteiger partial charge in [-0.15, -0.1) is 0 Å². The molecule has 0 saturated carbocycles. The van der Waals surface area contributed by atoms with E-state index in [1.54, 1.807) is 49.4 Å². The molecule has 0 spiro atoms. The van der Waals surface area contributed by atoms with Crippen LogP contribution >= 0.6 is 23.2 Å². The molecule has 2 amide bonds. The van der Waals surface area contributed by atoms with Gasteiger partial charge in [-0.05, 0) is 55.3 Å². The molecule has 2 N–H and O–H groups in total. The van der Waals surface area contributed by atoms with Crippen LogP contribution in [0.25, 0.3) is 0 Å². The molecule has 0 heterocycles. The Bertz CT molecular complexity index is 794. The van der Waals surface area contributed by atoms with E-state index in [9.17, 15) is 9.59 Å². The first-order valence-corrected chi connectivity index (χ1v) is 9.39. The molecule has 5 nitrogen and oxygen atoms in total. The zero-order valence-electron chi connectivity index (χ0n) is 15.2. The van der Waals surface area contributed by atoms with Gasteiger partial charge in [0, 0.05) is 21.7 Å². The Morgan fingerprint density at radius 3 is 2.44 bits per heavy atom. The van der Waals surface area contributed by atoms with E-state index in [-0.39, 0.29) is 24.3 Å². The normalized spacial score (nSPS) is 11.6. The zero-order valence-corrected chi connectivity index (χ0v) is 16.7. The molecule has 27 heavy (non-hydrogen) atoms. The van der Waals surface area contributed by atoms with E-state index in [0.717, 1.165) is 11.3 Å². The minimum absolute atomic E-state index is 0.106. The lowest BCUT2D eigenvalue weighted by molar-refractivity contribution is -0.126. The van der Waals surface area contributed by atoms with Crippen LogP contribution in [-0.2, 0) is 16.0 Å². The van der Waals surface area contributed by atoms with Crippen molar-refractivity contribution in [3.8, 4) is 5.75 Å². The smallest absolute Gasteiger partial charge is 0.243 e. The third-order valence-corrected chi connectivity index (χ3v) is 4.45. The van der Waals surface area contributed by atoms with Crippen molar-refractivity contribution >= 4 is 40.7 Å². The first kappa shape index (κ1) is 21.1. The Morgan fingerprint density at radius 2 is 1.81 bits per heavy atom. The molecule has 0 bridgehead atoms. The number of rotatable bonds is 8. The minimum Gasteiger partial charge on any atom is -0.494 e. The van der Waals surface area contributed by atoms with Crippen molar-refractivity contribution in [1.82, 2.24) is 5.32 Å². The number of amides is 2. The number of halogens is 2. The number of carbonyl (C=O) groups excluding carboxylic acids is 2. The summed E-state index contributed by atoms with van der Waals surface area (Å²) >= 11 is 12.0. The van der Waals surface area contributed by atoms with Crippen LogP contribution < -0.4 is 15.4 Å². The third-order valence-electron chi connectivity index (χ3n) is 3.86. The number of hydrogen-bond donors (Lipinski definition) is 2. The van der Waals surface area contributed by atoms with Gasteiger partial charge < -0.3 is 15.4 Å². The predicted molar refractivity (Wildman–Crippen MR) is 109 cm³/mol. The van der Waals surface area contributed by atoms with Crippen LogP contribution in [0, 0.1) is 5.92 Å². The third kappa shape index (κ3) is 6.77. The molecular formula is C20H22Cl2N2O3. The van der Waals surface area contributed by atoms with Gasteiger partial charge in [0.05, 0.1) is 13.2 Å². The maximum Gasteiger partial charge on any atom is 0.243 e. The van der Waals surface area contributed by atoms with Gasteiger partial charge in [-0.3, -0.25) is 9.59 Å². The van der Waals surface area contributed by atoms with Gasteiger partial charge in [0.15, 0.2) is 0 Å². The molecule has 0 fully saturated rings. The topological polar surface area (TPSA) is 67.4 Å². The second kappa shape index (κ2) is 10.2. The van der Waals surface area contributed by atoms with Crippen LogP contribution in [0.1, 0.15) is 19.4 Å². The van der Waals surface area contributed by atoms with Crippen LogP contribution in [-0.4, -0.2) is 25.0 Å². The van der Waals surface area contributed by atoms with E-state index in [1.807, 2.05) is 6.92 Å². The van der Waals surface area contributed by atoms with E-state index in [1.165, 1.54) is 0 Å². The number of hydrogen-bond acceptors (Lipinski definition) is 3. The van der Waals surface area contributed by atoms with Gasteiger partial charge >= 0.3 is 0 Å². The second-order valence-electron chi connectivity index (χ2n) is 6.06. The number of carbonyl (C=O) groups is 2. The van der Waals surface area contributed by atoms with Crippen molar-refractivity contribution in [2.45, 2.75) is 20.3 Å². The summed E-state index contributed by atoms with van der Waals surface area (Å²) in [7, 11) is 0. The Labute approximate surface area is 169 Å². The van der Waals surface area contributed by atoms with Gasteiger partial charge in [-0.2, -0.15) is 0 Å². The van der Waals surface area contributed by atoms with Crippen LogP contribution in [0.3, 0.4) is 0 Å². The average molecular weight is 409 g/mol. The largest absolute Gasteiger partial charge is 0.494 e. The highest BCUT2D eigenvalue weighted by atomic mass is 35.5. The van der Waals surface area contributed by atoms with E-state index < -0.39 is 0 Å². The Hall–Kier alpha value is -2.24. The Kier molecular flexibility index (Phi) is 7.95. The van der Waals surface area contributed by atoms with Crippen LogP contribution in [0.15, 0.2) is 42.5 Å². The van der Waals surface area contributed by atoms with Crippen molar-refractivity contribution in [3.05, 3.63) is 58.1 Å². The highest BCUT2D eigenvalue weighted by Gasteiger charge is 2.16. The molecule has 1 atom stereocenters. The first-order valence-electron chi connectivity index (χ1n) is 8.63. The van der Waals surface area contributed by atoms with Crippen LogP contribution in [0.5, 0.6) is 5.75 Å². The summed E-state index contributed by atoms with van der Waals surface area (Å²) in [5.74, 6) is -0.118. The average Bonchev–Trinajstić information content (AvgIpc) is 2.63. The van der Waals surface area contributed by atoms with Gasteiger partial charge in [0.25, 0.3) is 0 Å². The van der Waals surface area contributed by atoms with Crippen LogP contribution in [0.4, 0.5) is 5.69 Å².